The van der Waals surface area contributed by atoms with Gasteiger partial charge in [-0.05, 0) is 44.9 Å². The molecule has 4 heteroatoms. The van der Waals surface area contributed by atoms with Crippen molar-refractivity contribution in [2.45, 2.75) is 58.0 Å². The number of Topliss-reactive ketones (excluding diaryl/α,β-unsaturated/α-hetero) is 1. The average molecular weight is 300 g/mol. The highest BCUT2D eigenvalue weighted by molar-refractivity contribution is 7.18. The molecule has 0 amide bonds. The number of nitrogens with zero attached hydrogens (tertiary/aromatic N) is 1. The maximum absolute atomic E-state index is 12.7. The first kappa shape index (κ1) is 15.0. The van der Waals surface area contributed by atoms with Gasteiger partial charge in [-0.3, -0.25) is 9.69 Å². The van der Waals surface area contributed by atoms with E-state index in [1.54, 1.807) is 0 Å². The Morgan fingerprint density at radius 3 is 2.89 bits per heavy atom. The molecular formula is C15H22ClNOS. The summed E-state index contributed by atoms with van der Waals surface area (Å²) in [6.07, 6.45) is 5.69. The molecule has 0 radical (unpaired) electrons. The van der Waals surface area contributed by atoms with Gasteiger partial charge in [0.05, 0.1) is 15.3 Å². The third kappa shape index (κ3) is 3.59. The van der Waals surface area contributed by atoms with Crippen molar-refractivity contribution in [2.24, 2.45) is 0 Å². The maximum Gasteiger partial charge on any atom is 0.189 e. The van der Waals surface area contributed by atoms with Gasteiger partial charge in [-0.15, -0.1) is 11.3 Å². The monoisotopic (exact) mass is 299 g/mol. The number of thiophene rings is 1. The number of carbonyl (C=O) groups excluding carboxylic acids is 1. The number of carbonyl (C=O) groups is 1. The van der Waals surface area contributed by atoms with E-state index in [2.05, 4.69) is 18.7 Å². The topological polar surface area (TPSA) is 20.3 Å². The molecule has 0 N–H and O–H groups in total. The summed E-state index contributed by atoms with van der Waals surface area (Å²) >= 11 is 7.36. The molecule has 0 bridgehead atoms. The lowest BCUT2D eigenvalue weighted by Crippen LogP contribution is -2.48. The first-order valence-corrected chi connectivity index (χ1v) is 8.38. The van der Waals surface area contributed by atoms with Crippen molar-refractivity contribution < 1.29 is 4.79 Å². The van der Waals surface area contributed by atoms with Gasteiger partial charge in [-0.25, -0.2) is 0 Å². The van der Waals surface area contributed by atoms with Crippen LogP contribution in [0.5, 0.6) is 0 Å². The standard InChI is InChI=1S/C15H22ClNOS/c1-3-6-12(17-10-5-4-7-11(17)2)15(18)13-8-9-14(16)19-13/h8-9,11-12H,3-7,10H2,1-2H3. The van der Waals surface area contributed by atoms with Crippen LogP contribution in [0.15, 0.2) is 12.1 Å². The fraction of sp³-hybridized carbons (Fsp3) is 0.667. The van der Waals surface area contributed by atoms with E-state index in [9.17, 15) is 4.79 Å². The van der Waals surface area contributed by atoms with Gasteiger partial charge in [0, 0.05) is 6.04 Å². The number of halogens is 1. The van der Waals surface area contributed by atoms with Gasteiger partial charge in [0.2, 0.25) is 0 Å². The number of piperidine rings is 1. The van der Waals surface area contributed by atoms with Crippen molar-refractivity contribution in [3.63, 3.8) is 0 Å². The number of hydrogen-bond donors (Lipinski definition) is 0. The largest absolute Gasteiger partial charge is 0.291 e. The van der Waals surface area contributed by atoms with Crippen LogP contribution in [-0.2, 0) is 0 Å². The van der Waals surface area contributed by atoms with E-state index in [1.807, 2.05) is 12.1 Å². The highest BCUT2D eigenvalue weighted by Crippen LogP contribution is 2.28. The molecule has 1 aromatic rings. The van der Waals surface area contributed by atoms with Crippen LogP contribution in [0.25, 0.3) is 0 Å². The summed E-state index contributed by atoms with van der Waals surface area (Å²) in [6, 6.07) is 4.24. The van der Waals surface area contributed by atoms with Crippen molar-refractivity contribution in [3.05, 3.63) is 21.3 Å². The summed E-state index contributed by atoms with van der Waals surface area (Å²) in [7, 11) is 0. The maximum atomic E-state index is 12.7. The molecule has 0 spiro atoms. The van der Waals surface area contributed by atoms with Crippen molar-refractivity contribution in [2.75, 3.05) is 6.54 Å². The predicted octanol–water partition coefficient (Wildman–Crippen LogP) is 4.63. The van der Waals surface area contributed by atoms with Gasteiger partial charge < -0.3 is 0 Å². The lowest BCUT2D eigenvalue weighted by Gasteiger charge is -2.38. The summed E-state index contributed by atoms with van der Waals surface area (Å²) < 4.78 is 0.699. The lowest BCUT2D eigenvalue weighted by molar-refractivity contribution is 0.0645. The third-order valence-corrected chi connectivity index (χ3v) is 5.18. The van der Waals surface area contributed by atoms with Crippen molar-refractivity contribution in [1.82, 2.24) is 4.90 Å². The second-order valence-corrected chi connectivity index (χ2v) is 7.07. The highest BCUT2D eigenvalue weighted by Gasteiger charge is 2.31. The van der Waals surface area contributed by atoms with Gasteiger partial charge in [-0.2, -0.15) is 0 Å². The number of hydrogen-bond acceptors (Lipinski definition) is 3. The van der Waals surface area contributed by atoms with Gasteiger partial charge in [0.25, 0.3) is 0 Å². The minimum atomic E-state index is 0.0371. The molecule has 0 aromatic carbocycles. The molecule has 0 aliphatic carbocycles. The van der Waals surface area contributed by atoms with Gasteiger partial charge >= 0.3 is 0 Å². The Morgan fingerprint density at radius 2 is 2.32 bits per heavy atom. The Bertz CT molecular complexity index is 432. The molecular weight excluding hydrogens is 278 g/mol. The van der Waals surface area contributed by atoms with Crippen LogP contribution in [0.2, 0.25) is 4.34 Å². The predicted molar refractivity (Wildman–Crippen MR) is 82.4 cm³/mol. The molecule has 1 aliphatic heterocycles. The van der Waals surface area contributed by atoms with Crippen LogP contribution in [-0.4, -0.2) is 29.3 Å². The molecule has 2 nitrogen and oxygen atoms in total. The van der Waals surface area contributed by atoms with E-state index < -0.39 is 0 Å². The smallest absolute Gasteiger partial charge is 0.189 e. The molecule has 2 unspecified atom stereocenters. The van der Waals surface area contributed by atoms with Crippen LogP contribution < -0.4 is 0 Å². The van der Waals surface area contributed by atoms with Crippen molar-refractivity contribution in [1.29, 1.82) is 0 Å². The lowest BCUT2D eigenvalue weighted by atomic mass is 9.96. The van der Waals surface area contributed by atoms with Crippen LogP contribution in [0, 0.1) is 0 Å². The molecule has 1 fully saturated rings. The molecule has 1 aliphatic rings. The molecule has 2 atom stereocenters. The minimum absolute atomic E-state index is 0.0371. The Labute approximate surface area is 124 Å². The Morgan fingerprint density at radius 1 is 1.53 bits per heavy atom. The Balaban J connectivity index is 2.16. The summed E-state index contributed by atoms with van der Waals surface area (Å²) in [4.78, 5) is 15.9. The van der Waals surface area contributed by atoms with Gasteiger partial charge in [-0.1, -0.05) is 31.4 Å². The first-order valence-electron chi connectivity index (χ1n) is 7.18. The molecule has 0 saturated carbocycles. The fourth-order valence-corrected chi connectivity index (χ4v) is 3.95. The first-order chi connectivity index (χ1) is 9.13. The zero-order chi connectivity index (χ0) is 13.8. The minimum Gasteiger partial charge on any atom is -0.291 e. The second-order valence-electron chi connectivity index (χ2n) is 5.36. The molecule has 2 heterocycles. The SMILES string of the molecule is CCCC(C(=O)c1ccc(Cl)s1)N1CCCCC1C. The Hall–Kier alpha value is -0.380. The van der Waals surface area contributed by atoms with Gasteiger partial charge in [0.1, 0.15) is 0 Å². The third-order valence-electron chi connectivity index (χ3n) is 3.94. The number of rotatable bonds is 5. The van der Waals surface area contributed by atoms with E-state index in [-0.39, 0.29) is 11.8 Å². The number of ketones is 1. The second kappa shape index (κ2) is 6.87. The summed E-state index contributed by atoms with van der Waals surface area (Å²) in [5.74, 6) is 0.257. The molecule has 19 heavy (non-hydrogen) atoms. The zero-order valence-electron chi connectivity index (χ0n) is 11.7. The van der Waals surface area contributed by atoms with Crippen LogP contribution in [0.1, 0.15) is 55.6 Å². The quantitative estimate of drug-likeness (QED) is 0.739. The van der Waals surface area contributed by atoms with Crippen molar-refractivity contribution in [3.8, 4) is 0 Å². The fourth-order valence-electron chi connectivity index (χ4n) is 2.92. The van der Waals surface area contributed by atoms with E-state index in [4.69, 9.17) is 11.6 Å². The van der Waals surface area contributed by atoms with Crippen LogP contribution in [0.4, 0.5) is 0 Å². The van der Waals surface area contributed by atoms with E-state index in [0.29, 0.717) is 10.4 Å². The number of likely N-dealkylation sites (tertiary alicyclic amines) is 1. The summed E-state index contributed by atoms with van der Waals surface area (Å²) in [5, 5.41) is 0. The average Bonchev–Trinajstić information content (AvgIpc) is 2.83. The summed E-state index contributed by atoms with van der Waals surface area (Å²) in [5.41, 5.74) is 0. The normalized spacial score (nSPS) is 22.4. The molecule has 1 aromatic heterocycles. The van der Waals surface area contributed by atoms with Gasteiger partial charge in [0.15, 0.2) is 5.78 Å². The molecule has 106 valence electrons. The van der Waals surface area contributed by atoms with Crippen LogP contribution in [0.3, 0.4) is 0 Å². The van der Waals surface area contributed by atoms with Crippen LogP contribution >= 0.6 is 22.9 Å². The summed E-state index contributed by atoms with van der Waals surface area (Å²) in [6.45, 7) is 5.45. The Kier molecular flexibility index (Phi) is 5.43. The molecule has 1 saturated heterocycles. The van der Waals surface area contributed by atoms with Crippen molar-refractivity contribution >= 4 is 28.7 Å². The highest BCUT2D eigenvalue weighted by atomic mass is 35.5. The van der Waals surface area contributed by atoms with E-state index >= 15 is 0 Å². The van der Waals surface area contributed by atoms with E-state index in [1.165, 1.54) is 30.6 Å². The van der Waals surface area contributed by atoms with E-state index in [0.717, 1.165) is 24.3 Å². The molecule has 2 rings (SSSR count). The zero-order valence-corrected chi connectivity index (χ0v) is 13.3.